The van der Waals surface area contributed by atoms with Crippen LogP contribution in [0.15, 0.2) is 77.3 Å². The molecule has 0 fully saturated rings. The topological polar surface area (TPSA) is 68.8 Å². The molecule has 0 unspecified atom stereocenters. The van der Waals surface area contributed by atoms with Crippen LogP contribution < -0.4 is 24.8 Å². The van der Waals surface area contributed by atoms with Gasteiger partial charge < -0.3 is 19.5 Å². The first-order valence-electron chi connectivity index (χ1n) is 9.42. The summed E-state index contributed by atoms with van der Waals surface area (Å²) in [7, 11) is 1.56. The number of hydrogen-bond acceptors (Lipinski definition) is 5. The number of thiocarbonyl (C=S) groups is 1. The first-order valence-corrected chi connectivity index (χ1v) is 10.6. The number of benzene rings is 3. The maximum Gasteiger partial charge on any atom is 0.257 e. The smallest absolute Gasteiger partial charge is 0.257 e. The van der Waals surface area contributed by atoms with E-state index in [1.807, 2.05) is 54.6 Å². The average molecular weight is 501 g/mol. The van der Waals surface area contributed by atoms with Crippen molar-refractivity contribution < 1.29 is 19.0 Å². The molecule has 2 N–H and O–H groups in total. The quantitative estimate of drug-likeness (QED) is 0.333. The van der Waals surface area contributed by atoms with Crippen LogP contribution in [0.2, 0.25) is 0 Å². The summed E-state index contributed by atoms with van der Waals surface area (Å²) in [6.07, 6.45) is 0. The first-order chi connectivity index (χ1) is 15.1. The second-order valence-electron chi connectivity index (χ2n) is 6.26. The lowest BCUT2D eigenvalue weighted by atomic mass is 10.2. The fourth-order valence-corrected chi connectivity index (χ4v) is 3.40. The third-order valence-electron chi connectivity index (χ3n) is 4.13. The van der Waals surface area contributed by atoms with E-state index in [1.165, 1.54) is 0 Å². The average Bonchev–Trinajstić information content (AvgIpc) is 2.78. The van der Waals surface area contributed by atoms with Crippen molar-refractivity contribution in [2.75, 3.05) is 25.6 Å². The highest BCUT2D eigenvalue weighted by atomic mass is 79.9. The summed E-state index contributed by atoms with van der Waals surface area (Å²) in [5, 5.41) is 5.83. The Kier molecular flexibility index (Phi) is 8.26. The van der Waals surface area contributed by atoms with Crippen LogP contribution in [0.1, 0.15) is 10.4 Å². The van der Waals surface area contributed by atoms with Crippen LogP contribution in [0.5, 0.6) is 17.2 Å². The maximum atomic E-state index is 12.5. The predicted octanol–water partition coefficient (Wildman–Crippen LogP) is 5.04. The van der Waals surface area contributed by atoms with Crippen molar-refractivity contribution in [3.8, 4) is 17.2 Å². The molecule has 0 atom stereocenters. The van der Waals surface area contributed by atoms with Crippen LogP contribution in [-0.4, -0.2) is 31.3 Å². The molecule has 0 saturated carbocycles. The summed E-state index contributed by atoms with van der Waals surface area (Å²) in [5.41, 5.74) is 1.09. The number of nitrogens with one attached hydrogen (secondary N) is 2. The molecule has 3 aromatic carbocycles. The second-order valence-corrected chi connectivity index (χ2v) is 7.53. The molecule has 6 nitrogen and oxygen atoms in total. The van der Waals surface area contributed by atoms with Crippen molar-refractivity contribution in [2.24, 2.45) is 0 Å². The molecule has 0 heterocycles. The van der Waals surface area contributed by atoms with Gasteiger partial charge in [0.15, 0.2) is 5.11 Å². The van der Waals surface area contributed by atoms with Crippen molar-refractivity contribution in [3.05, 3.63) is 82.8 Å². The molecule has 0 aromatic heterocycles. The van der Waals surface area contributed by atoms with E-state index < -0.39 is 0 Å². The fraction of sp³-hybridized carbons (Fsp3) is 0.130. The summed E-state index contributed by atoms with van der Waals surface area (Å²) in [5.74, 6) is 1.68. The number of ether oxygens (including phenoxy) is 3. The molecular formula is C23H21BrN2O4S. The van der Waals surface area contributed by atoms with Crippen LogP contribution in [0.25, 0.3) is 0 Å². The Balaban J connectivity index is 1.54. The zero-order valence-electron chi connectivity index (χ0n) is 16.8. The van der Waals surface area contributed by atoms with Crippen LogP contribution in [-0.2, 0) is 0 Å². The molecule has 1 amide bonds. The summed E-state index contributed by atoms with van der Waals surface area (Å²) in [4.78, 5) is 12.5. The zero-order valence-corrected chi connectivity index (χ0v) is 19.2. The number of halogens is 1. The molecule has 0 aliphatic heterocycles. The van der Waals surface area contributed by atoms with E-state index in [9.17, 15) is 4.79 Å². The Hall–Kier alpha value is -3.10. The maximum absolute atomic E-state index is 12.5. The molecule has 3 rings (SSSR count). The Morgan fingerprint density at radius 2 is 1.65 bits per heavy atom. The predicted molar refractivity (Wildman–Crippen MR) is 128 cm³/mol. The van der Waals surface area contributed by atoms with E-state index in [1.54, 1.807) is 25.3 Å². The minimum atomic E-state index is -0.337. The normalized spacial score (nSPS) is 10.1. The molecule has 0 spiro atoms. The number of methoxy groups -OCH3 is 1. The second kappa shape index (κ2) is 11.3. The molecule has 0 bridgehead atoms. The third-order valence-corrected chi connectivity index (χ3v) is 4.95. The molecule has 0 aliphatic carbocycles. The van der Waals surface area contributed by atoms with Gasteiger partial charge in [-0.1, -0.05) is 30.3 Å². The molecule has 0 aliphatic rings. The van der Waals surface area contributed by atoms with Gasteiger partial charge in [0.25, 0.3) is 5.91 Å². The van der Waals surface area contributed by atoms with Gasteiger partial charge in [0, 0.05) is 5.56 Å². The SMILES string of the molecule is COc1ccc(C(=O)NC(=S)Nc2ccccc2OCCOc2ccccc2)cc1Br. The van der Waals surface area contributed by atoms with Crippen molar-refractivity contribution in [3.63, 3.8) is 0 Å². The highest BCUT2D eigenvalue weighted by Gasteiger charge is 2.12. The molecule has 31 heavy (non-hydrogen) atoms. The zero-order chi connectivity index (χ0) is 22.1. The third kappa shape index (κ3) is 6.70. The Morgan fingerprint density at radius 1 is 0.935 bits per heavy atom. The van der Waals surface area contributed by atoms with E-state index in [0.717, 1.165) is 5.75 Å². The van der Waals surface area contributed by atoms with Gasteiger partial charge in [0.05, 0.1) is 17.3 Å². The van der Waals surface area contributed by atoms with Gasteiger partial charge in [-0.2, -0.15) is 0 Å². The van der Waals surface area contributed by atoms with Crippen molar-refractivity contribution >= 4 is 44.9 Å². The number of carbonyl (C=O) groups excluding carboxylic acids is 1. The molecular weight excluding hydrogens is 480 g/mol. The lowest BCUT2D eigenvalue weighted by molar-refractivity contribution is 0.0977. The van der Waals surface area contributed by atoms with Gasteiger partial charge in [-0.3, -0.25) is 10.1 Å². The highest BCUT2D eigenvalue weighted by molar-refractivity contribution is 9.10. The van der Waals surface area contributed by atoms with Gasteiger partial charge in [0.2, 0.25) is 0 Å². The van der Waals surface area contributed by atoms with Crippen LogP contribution >= 0.6 is 28.1 Å². The molecule has 0 saturated heterocycles. The monoisotopic (exact) mass is 500 g/mol. The van der Waals surface area contributed by atoms with E-state index >= 15 is 0 Å². The van der Waals surface area contributed by atoms with Gasteiger partial charge in [-0.25, -0.2) is 0 Å². The highest BCUT2D eigenvalue weighted by Crippen LogP contribution is 2.26. The number of hydrogen-bond donors (Lipinski definition) is 2. The summed E-state index contributed by atoms with van der Waals surface area (Å²) in [6, 6.07) is 21.9. The summed E-state index contributed by atoms with van der Waals surface area (Å²) < 4.78 is 17.3. The standard InChI is InChI=1S/C23H21BrN2O4S/c1-28-20-12-11-16(15-18(20)24)22(27)26-23(31)25-19-9-5-6-10-21(19)30-14-13-29-17-7-3-2-4-8-17/h2-12,15H,13-14H2,1H3,(H2,25,26,27,31). The van der Waals surface area contributed by atoms with Gasteiger partial charge in [-0.05, 0) is 70.6 Å². The molecule has 0 radical (unpaired) electrons. The van der Waals surface area contributed by atoms with Crippen LogP contribution in [0.3, 0.4) is 0 Å². The Morgan fingerprint density at radius 3 is 2.39 bits per heavy atom. The van der Waals surface area contributed by atoms with E-state index in [0.29, 0.717) is 40.4 Å². The largest absolute Gasteiger partial charge is 0.496 e. The number of anilines is 1. The lowest BCUT2D eigenvalue weighted by Gasteiger charge is -2.15. The lowest BCUT2D eigenvalue weighted by Crippen LogP contribution is -2.34. The van der Waals surface area contributed by atoms with Crippen LogP contribution in [0.4, 0.5) is 5.69 Å². The molecule has 3 aromatic rings. The van der Waals surface area contributed by atoms with Gasteiger partial charge in [-0.15, -0.1) is 0 Å². The van der Waals surface area contributed by atoms with Crippen molar-refractivity contribution in [2.45, 2.75) is 0 Å². The molecule has 8 heteroatoms. The number of amides is 1. The number of para-hydroxylation sites is 3. The van der Waals surface area contributed by atoms with E-state index in [-0.39, 0.29) is 11.0 Å². The van der Waals surface area contributed by atoms with Crippen LogP contribution in [0, 0.1) is 0 Å². The number of rotatable bonds is 8. The Labute approximate surface area is 194 Å². The van der Waals surface area contributed by atoms with Crippen molar-refractivity contribution in [1.29, 1.82) is 0 Å². The minimum absolute atomic E-state index is 0.161. The minimum Gasteiger partial charge on any atom is -0.496 e. The first kappa shape index (κ1) is 22.6. The Bertz CT molecular complexity index is 1050. The van der Waals surface area contributed by atoms with Gasteiger partial charge >= 0.3 is 0 Å². The summed E-state index contributed by atoms with van der Waals surface area (Å²) in [6.45, 7) is 0.748. The summed E-state index contributed by atoms with van der Waals surface area (Å²) >= 11 is 8.66. The number of carbonyl (C=O) groups is 1. The van der Waals surface area contributed by atoms with Gasteiger partial charge in [0.1, 0.15) is 30.5 Å². The molecule has 160 valence electrons. The fourth-order valence-electron chi connectivity index (χ4n) is 2.66. The van der Waals surface area contributed by atoms with E-state index in [2.05, 4.69) is 26.6 Å². The van der Waals surface area contributed by atoms with E-state index in [4.69, 9.17) is 26.4 Å². The van der Waals surface area contributed by atoms with Crippen molar-refractivity contribution in [1.82, 2.24) is 5.32 Å².